The Labute approximate surface area is 103 Å². The van der Waals surface area contributed by atoms with E-state index in [2.05, 4.69) is 4.98 Å². The molecular weight excluding hydrogens is 237 g/mol. The topological polar surface area (TPSA) is 59.4 Å². The first-order valence-electron chi connectivity index (χ1n) is 5.20. The van der Waals surface area contributed by atoms with Gasteiger partial charge in [0, 0.05) is 6.20 Å². The fraction of sp³-hybridized carbons (Fsp3) is 0.0769. The van der Waals surface area contributed by atoms with Gasteiger partial charge in [-0.3, -0.25) is 0 Å². The molecule has 0 aliphatic heterocycles. The van der Waals surface area contributed by atoms with E-state index in [0.29, 0.717) is 5.56 Å². The minimum Gasteiger partial charge on any atom is -0.478 e. The third kappa shape index (κ3) is 2.45. The van der Waals surface area contributed by atoms with Gasteiger partial charge in [0.15, 0.2) is 5.82 Å². The Morgan fingerprint density at radius 1 is 1.39 bits per heavy atom. The van der Waals surface area contributed by atoms with Crippen LogP contribution in [-0.2, 0) is 0 Å². The molecule has 2 rings (SSSR count). The maximum absolute atomic E-state index is 13.4. The van der Waals surface area contributed by atoms with Crippen LogP contribution < -0.4 is 4.74 Å². The van der Waals surface area contributed by atoms with Crippen LogP contribution in [0.3, 0.4) is 0 Å². The summed E-state index contributed by atoms with van der Waals surface area (Å²) in [5, 5.41) is 8.88. The molecular formula is C13H10FNO3. The maximum atomic E-state index is 13.4. The van der Waals surface area contributed by atoms with Gasteiger partial charge in [0.1, 0.15) is 5.75 Å². The zero-order chi connectivity index (χ0) is 13.1. The van der Waals surface area contributed by atoms with Gasteiger partial charge in [-0.1, -0.05) is 6.07 Å². The van der Waals surface area contributed by atoms with Crippen LogP contribution in [0.15, 0.2) is 36.5 Å². The molecule has 0 radical (unpaired) electrons. The van der Waals surface area contributed by atoms with Crippen LogP contribution in [0.4, 0.5) is 4.39 Å². The average molecular weight is 247 g/mol. The van der Waals surface area contributed by atoms with Crippen LogP contribution in [0.1, 0.15) is 15.9 Å². The standard InChI is InChI=1S/C13H10FNO3/c1-8-4-5-9(13(16)17)7-11(8)18-12-10(14)3-2-6-15-12/h2-7H,1H3,(H,16,17). The van der Waals surface area contributed by atoms with E-state index in [9.17, 15) is 9.18 Å². The minimum absolute atomic E-state index is 0.0759. The summed E-state index contributed by atoms with van der Waals surface area (Å²) >= 11 is 0. The first-order valence-corrected chi connectivity index (χ1v) is 5.20. The van der Waals surface area contributed by atoms with Gasteiger partial charge in [-0.25, -0.2) is 14.2 Å². The van der Waals surface area contributed by atoms with Crippen molar-refractivity contribution in [2.45, 2.75) is 6.92 Å². The Bertz CT molecular complexity index is 599. The fourth-order valence-electron chi connectivity index (χ4n) is 1.39. The zero-order valence-electron chi connectivity index (χ0n) is 9.55. The molecule has 0 saturated carbocycles. The van der Waals surface area contributed by atoms with E-state index in [1.165, 1.54) is 30.5 Å². The predicted molar refractivity (Wildman–Crippen MR) is 62.4 cm³/mol. The van der Waals surface area contributed by atoms with Crippen LogP contribution >= 0.6 is 0 Å². The predicted octanol–water partition coefficient (Wildman–Crippen LogP) is 3.02. The third-order valence-electron chi connectivity index (χ3n) is 2.37. The first kappa shape index (κ1) is 12.0. The van der Waals surface area contributed by atoms with Crippen molar-refractivity contribution in [3.8, 4) is 11.6 Å². The Hall–Kier alpha value is -2.43. The highest BCUT2D eigenvalue weighted by Crippen LogP contribution is 2.26. The number of aryl methyl sites for hydroxylation is 1. The largest absolute Gasteiger partial charge is 0.478 e. The van der Waals surface area contributed by atoms with Crippen LogP contribution in [0.5, 0.6) is 11.6 Å². The second kappa shape index (κ2) is 4.83. The van der Waals surface area contributed by atoms with Gasteiger partial charge in [-0.05, 0) is 36.8 Å². The average Bonchev–Trinajstić information content (AvgIpc) is 2.34. The number of pyridine rings is 1. The van der Waals surface area contributed by atoms with E-state index < -0.39 is 11.8 Å². The summed E-state index contributed by atoms with van der Waals surface area (Å²) in [6.45, 7) is 1.74. The highest BCUT2D eigenvalue weighted by Gasteiger charge is 2.10. The van der Waals surface area contributed by atoms with Crippen molar-refractivity contribution in [3.05, 3.63) is 53.5 Å². The van der Waals surface area contributed by atoms with Gasteiger partial charge in [-0.2, -0.15) is 0 Å². The SMILES string of the molecule is Cc1ccc(C(=O)O)cc1Oc1ncccc1F. The van der Waals surface area contributed by atoms with Crippen molar-refractivity contribution in [1.82, 2.24) is 4.98 Å². The number of carbonyl (C=O) groups is 1. The lowest BCUT2D eigenvalue weighted by atomic mass is 10.1. The van der Waals surface area contributed by atoms with Crippen molar-refractivity contribution in [1.29, 1.82) is 0 Å². The van der Waals surface area contributed by atoms with E-state index in [0.717, 1.165) is 0 Å². The number of rotatable bonds is 3. The number of nitrogens with zero attached hydrogens (tertiary/aromatic N) is 1. The lowest BCUT2D eigenvalue weighted by Gasteiger charge is -2.08. The van der Waals surface area contributed by atoms with Crippen molar-refractivity contribution >= 4 is 5.97 Å². The second-order valence-electron chi connectivity index (χ2n) is 3.68. The fourth-order valence-corrected chi connectivity index (χ4v) is 1.39. The Kier molecular flexibility index (Phi) is 3.23. The summed E-state index contributed by atoms with van der Waals surface area (Å²) in [6.07, 6.45) is 1.40. The number of carboxylic acids is 1. The summed E-state index contributed by atoms with van der Waals surface area (Å²) in [5.41, 5.74) is 0.775. The van der Waals surface area contributed by atoms with Gasteiger partial charge in [0.25, 0.3) is 5.88 Å². The van der Waals surface area contributed by atoms with Crippen molar-refractivity contribution in [3.63, 3.8) is 0 Å². The Morgan fingerprint density at radius 3 is 2.83 bits per heavy atom. The number of ether oxygens (including phenoxy) is 1. The molecule has 1 aromatic heterocycles. The number of carboxylic acid groups (broad SMARTS) is 1. The smallest absolute Gasteiger partial charge is 0.335 e. The molecule has 5 heteroatoms. The van der Waals surface area contributed by atoms with E-state index in [1.54, 1.807) is 13.0 Å². The molecule has 0 amide bonds. The highest BCUT2D eigenvalue weighted by atomic mass is 19.1. The molecule has 92 valence electrons. The van der Waals surface area contributed by atoms with Gasteiger partial charge < -0.3 is 9.84 Å². The summed E-state index contributed by atoms with van der Waals surface area (Å²) < 4.78 is 18.6. The van der Waals surface area contributed by atoms with Crippen molar-refractivity contribution < 1.29 is 19.0 Å². The molecule has 0 aliphatic rings. The molecule has 1 aromatic carbocycles. The molecule has 1 N–H and O–H groups in total. The molecule has 0 unspecified atom stereocenters. The van der Waals surface area contributed by atoms with Crippen LogP contribution in [-0.4, -0.2) is 16.1 Å². The van der Waals surface area contributed by atoms with Gasteiger partial charge >= 0.3 is 5.97 Å². The van der Waals surface area contributed by atoms with Crippen LogP contribution in [0.25, 0.3) is 0 Å². The third-order valence-corrected chi connectivity index (χ3v) is 2.37. The van der Waals surface area contributed by atoms with Crippen molar-refractivity contribution in [2.75, 3.05) is 0 Å². The van der Waals surface area contributed by atoms with E-state index in [-0.39, 0.29) is 17.2 Å². The maximum Gasteiger partial charge on any atom is 0.335 e. The number of halogens is 1. The summed E-state index contributed by atoms with van der Waals surface area (Å²) in [7, 11) is 0. The van der Waals surface area contributed by atoms with Gasteiger partial charge in [0.2, 0.25) is 0 Å². The molecule has 0 fully saturated rings. The van der Waals surface area contributed by atoms with E-state index in [1.807, 2.05) is 0 Å². The van der Waals surface area contributed by atoms with Crippen molar-refractivity contribution in [2.24, 2.45) is 0 Å². The monoisotopic (exact) mass is 247 g/mol. The Morgan fingerprint density at radius 2 is 2.17 bits per heavy atom. The molecule has 0 atom stereocenters. The number of hydrogen-bond donors (Lipinski definition) is 1. The second-order valence-corrected chi connectivity index (χ2v) is 3.68. The first-order chi connectivity index (χ1) is 8.58. The Balaban J connectivity index is 2.37. The summed E-state index contributed by atoms with van der Waals surface area (Å²) in [6, 6.07) is 7.06. The molecule has 0 saturated heterocycles. The molecule has 0 spiro atoms. The molecule has 4 nitrogen and oxygen atoms in total. The normalized spacial score (nSPS) is 10.1. The lowest BCUT2D eigenvalue weighted by Crippen LogP contribution is -1.99. The lowest BCUT2D eigenvalue weighted by molar-refractivity contribution is 0.0696. The molecule has 2 aromatic rings. The molecule has 1 heterocycles. The highest BCUT2D eigenvalue weighted by molar-refractivity contribution is 5.88. The zero-order valence-corrected chi connectivity index (χ0v) is 9.55. The number of aromatic carboxylic acids is 1. The summed E-state index contributed by atoms with van der Waals surface area (Å²) in [5.74, 6) is -1.57. The number of hydrogen-bond acceptors (Lipinski definition) is 3. The quantitative estimate of drug-likeness (QED) is 0.905. The minimum atomic E-state index is -1.07. The molecule has 18 heavy (non-hydrogen) atoms. The van der Waals surface area contributed by atoms with E-state index in [4.69, 9.17) is 9.84 Å². The van der Waals surface area contributed by atoms with Crippen LogP contribution in [0.2, 0.25) is 0 Å². The number of aromatic nitrogens is 1. The number of benzene rings is 1. The van der Waals surface area contributed by atoms with E-state index >= 15 is 0 Å². The molecule has 0 bridgehead atoms. The molecule has 0 aliphatic carbocycles. The van der Waals surface area contributed by atoms with Gasteiger partial charge in [-0.15, -0.1) is 0 Å². The summed E-state index contributed by atoms with van der Waals surface area (Å²) in [4.78, 5) is 14.6. The van der Waals surface area contributed by atoms with Crippen LogP contribution in [0, 0.1) is 12.7 Å². The van der Waals surface area contributed by atoms with Gasteiger partial charge in [0.05, 0.1) is 5.56 Å².